The van der Waals surface area contributed by atoms with E-state index in [9.17, 15) is 4.79 Å². The molecule has 0 fully saturated rings. The van der Waals surface area contributed by atoms with Gasteiger partial charge in [0.15, 0.2) is 0 Å². The van der Waals surface area contributed by atoms with Crippen LogP contribution in [0.25, 0.3) is 0 Å². The van der Waals surface area contributed by atoms with Crippen molar-refractivity contribution in [1.82, 2.24) is 5.32 Å². The third-order valence-electron chi connectivity index (χ3n) is 2.99. The molecule has 0 aromatic heterocycles. The van der Waals surface area contributed by atoms with Gasteiger partial charge in [-0.3, -0.25) is 4.79 Å². The van der Waals surface area contributed by atoms with Gasteiger partial charge in [0, 0.05) is 5.69 Å². The van der Waals surface area contributed by atoms with Crippen LogP contribution in [0, 0.1) is 0 Å². The number of amides is 1. The van der Waals surface area contributed by atoms with Crippen molar-refractivity contribution in [2.24, 2.45) is 0 Å². The van der Waals surface area contributed by atoms with Gasteiger partial charge < -0.3 is 11.1 Å². The Balaban J connectivity index is 1.95. The number of rotatable bonds is 4. The van der Waals surface area contributed by atoms with Crippen LogP contribution in [-0.4, -0.2) is 5.91 Å². The van der Waals surface area contributed by atoms with E-state index >= 15 is 0 Å². The van der Waals surface area contributed by atoms with Crippen molar-refractivity contribution < 1.29 is 4.79 Å². The van der Waals surface area contributed by atoms with E-state index in [-0.39, 0.29) is 11.9 Å². The first-order chi connectivity index (χ1) is 9.15. The molecule has 3 heteroatoms. The number of nitrogens with one attached hydrogen (secondary N) is 1. The summed E-state index contributed by atoms with van der Waals surface area (Å²) in [7, 11) is 0. The van der Waals surface area contributed by atoms with Crippen molar-refractivity contribution in [2.45, 2.75) is 19.4 Å². The molecular formula is C16H18N2O. The molecule has 0 saturated heterocycles. The van der Waals surface area contributed by atoms with Gasteiger partial charge in [0.05, 0.1) is 12.5 Å². The second-order valence-corrected chi connectivity index (χ2v) is 4.62. The summed E-state index contributed by atoms with van der Waals surface area (Å²) >= 11 is 0. The Morgan fingerprint density at radius 2 is 1.89 bits per heavy atom. The highest BCUT2D eigenvalue weighted by atomic mass is 16.1. The van der Waals surface area contributed by atoms with Crippen LogP contribution in [0.3, 0.4) is 0 Å². The lowest BCUT2D eigenvalue weighted by Crippen LogP contribution is -2.28. The number of carbonyl (C=O) groups excluding carboxylic acids is 1. The number of carbonyl (C=O) groups is 1. The summed E-state index contributed by atoms with van der Waals surface area (Å²) in [6, 6.07) is 17.3. The average Bonchev–Trinajstić information content (AvgIpc) is 2.39. The fourth-order valence-electron chi connectivity index (χ4n) is 2.01. The number of nitrogens with two attached hydrogens (primary N) is 1. The third kappa shape index (κ3) is 3.85. The minimum absolute atomic E-state index is 0.00181. The Morgan fingerprint density at radius 1 is 1.16 bits per heavy atom. The zero-order chi connectivity index (χ0) is 13.7. The molecule has 0 bridgehead atoms. The maximum atomic E-state index is 12.0. The maximum absolute atomic E-state index is 12.0. The summed E-state index contributed by atoms with van der Waals surface area (Å²) in [6.07, 6.45) is 0.349. The van der Waals surface area contributed by atoms with Gasteiger partial charge in [0.2, 0.25) is 5.91 Å². The highest BCUT2D eigenvalue weighted by Gasteiger charge is 2.09. The fourth-order valence-corrected chi connectivity index (χ4v) is 2.01. The van der Waals surface area contributed by atoms with Crippen LogP contribution in [0.2, 0.25) is 0 Å². The molecular weight excluding hydrogens is 236 g/mol. The average molecular weight is 254 g/mol. The number of anilines is 1. The molecule has 1 atom stereocenters. The zero-order valence-corrected chi connectivity index (χ0v) is 11.0. The van der Waals surface area contributed by atoms with Crippen molar-refractivity contribution in [3.63, 3.8) is 0 Å². The van der Waals surface area contributed by atoms with Gasteiger partial charge in [-0.15, -0.1) is 0 Å². The second kappa shape index (κ2) is 6.05. The summed E-state index contributed by atoms with van der Waals surface area (Å²) in [5.41, 5.74) is 8.41. The minimum Gasteiger partial charge on any atom is -0.399 e. The first kappa shape index (κ1) is 13.1. The summed E-state index contributed by atoms with van der Waals surface area (Å²) in [5.74, 6) is 0.00181. The highest BCUT2D eigenvalue weighted by molar-refractivity contribution is 5.79. The number of hydrogen-bond acceptors (Lipinski definition) is 2. The summed E-state index contributed by atoms with van der Waals surface area (Å²) < 4.78 is 0. The molecule has 0 heterocycles. The van der Waals surface area contributed by atoms with Crippen LogP contribution in [0.4, 0.5) is 5.69 Å². The molecule has 0 unspecified atom stereocenters. The van der Waals surface area contributed by atoms with Gasteiger partial charge in [0.25, 0.3) is 0 Å². The summed E-state index contributed by atoms with van der Waals surface area (Å²) in [6.45, 7) is 1.98. The lowest BCUT2D eigenvalue weighted by molar-refractivity contribution is -0.121. The zero-order valence-electron chi connectivity index (χ0n) is 11.0. The van der Waals surface area contributed by atoms with E-state index in [1.165, 1.54) is 0 Å². The minimum atomic E-state index is 0.00181. The molecule has 0 aliphatic carbocycles. The highest BCUT2D eigenvalue weighted by Crippen LogP contribution is 2.12. The molecule has 3 nitrogen and oxygen atoms in total. The van der Waals surface area contributed by atoms with Crippen LogP contribution in [0.15, 0.2) is 54.6 Å². The van der Waals surface area contributed by atoms with Crippen LogP contribution < -0.4 is 11.1 Å². The van der Waals surface area contributed by atoms with E-state index < -0.39 is 0 Å². The van der Waals surface area contributed by atoms with Crippen LogP contribution >= 0.6 is 0 Å². The Morgan fingerprint density at radius 3 is 2.58 bits per heavy atom. The van der Waals surface area contributed by atoms with Crippen molar-refractivity contribution in [3.8, 4) is 0 Å². The van der Waals surface area contributed by atoms with Crippen molar-refractivity contribution >= 4 is 11.6 Å². The van der Waals surface area contributed by atoms with Crippen LogP contribution in [0.1, 0.15) is 24.1 Å². The quantitative estimate of drug-likeness (QED) is 0.824. The molecule has 0 spiro atoms. The molecule has 2 aromatic rings. The van der Waals surface area contributed by atoms with Crippen LogP contribution in [-0.2, 0) is 11.2 Å². The number of nitrogen functional groups attached to an aromatic ring is 1. The molecule has 3 N–H and O–H groups in total. The van der Waals surface area contributed by atoms with Gasteiger partial charge in [0.1, 0.15) is 0 Å². The predicted octanol–water partition coefficient (Wildman–Crippen LogP) is 2.69. The Bertz CT molecular complexity index is 552. The van der Waals surface area contributed by atoms with Gasteiger partial charge in [-0.1, -0.05) is 42.5 Å². The van der Waals surface area contributed by atoms with E-state index in [1.807, 2.05) is 61.5 Å². The molecule has 2 rings (SSSR count). The lowest BCUT2D eigenvalue weighted by atomic mass is 10.1. The lowest BCUT2D eigenvalue weighted by Gasteiger charge is -2.14. The van der Waals surface area contributed by atoms with Gasteiger partial charge >= 0.3 is 0 Å². The topological polar surface area (TPSA) is 55.1 Å². The second-order valence-electron chi connectivity index (χ2n) is 4.62. The third-order valence-corrected chi connectivity index (χ3v) is 2.99. The standard InChI is InChI=1S/C16H18N2O/c1-12(14-7-3-2-4-8-14)18-16(19)11-13-6-5-9-15(17)10-13/h2-10,12H,11,17H2,1H3,(H,18,19)/t12-/m0/s1. The maximum Gasteiger partial charge on any atom is 0.224 e. The monoisotopic (exact) mass is 254 g/mol. The first-order valence-corrected chi connectivity index (χ1v) is 6.34. The van der Waals surface area contributed by atoms with E-state index in [1.54, 1.807) is 0 Å². The van der Waals surface area contributed by atoms with Gasteiger partial charge in [-0.2, -0.15) is 0 Å². The summed E-state index contributed by atoms with van der Waals surface area (Å²) in [4.78, 5) is 12.0. The molecule has 1 amide bonds. The van der Waals surface area contributed by atoms with Gasteiger partial charge in [-0.25, -0.2) is 0 Å². The smallest absolute Gasteiger partial charge is 0.224 e. The molecule has 19 heavy (non-hydrogen) atoms. The largest absolute Gasteiger partial charge is 0.399 e. The number of hydrogen-bond donors (Lipinski definition) is 2. The Kier molecular flexibility index (Phi) is 4.18. The van der Waals surface area contributed by atoms with Crippen LogP contribution in [0.5, 0.6) is 0 Å². The van der Waals surface area contributed by atoms with Crippen molar-refractivity contribution in [3.05, 3.63) is 65.7 Å². The van der Waals surface area contributed by atoms with Crippen molar-refractivity contribution in [1.29, 1.82) is 0 Å². The van der Waals surface area contributed by atoms with E-state index in [2.05, 4.69) is 5.32 Å². The molecule has 2 aromatic carbocycles. The number of benzene rings is 2. The fraction of sp³-hybridized carbons (Fsp3) is 0.188. The predicted molar refractivity (Wildman–Crippen MR) is 77.6 cm³/mol. The Hall–Kier alpha value is -2.29. The SMILES string of the molecule is C[C@H](NC(=O)Cc1cccc(N)c1)c1ccccc1. The van der Waals surface area contributed by atoms with Gasteiger partial charge in [-0.05, 0) is 30.2 Å². The molecule has 0 saturated carbocycles. The molecule has 0 aliphatic rings. The van der Waals surface area contributed by atoms with Crippen molar-refractivity contribution in [2.75, 3.05) is 5.73 Å². The van der Waals surface area contributed by atoms with E-state index in [0.717, 1.165) is 11.1 Å². The molecule has 0 aliphatic heterocycles. The Labute approximate surface area is 113 Å². The summed E-state index contributed by atoms with van der Waals surface area (Å²) in [5, 5.41) is 2.98. The molecule has 98 valence electrons. The van der Waals surface area contributed by atoms with E-state index in [0.29, 0.717) is 12.1 Å². The first-order valence-electron chi connectivity index (χ1n) is 6.34. The normalized spacial score (nSPS) is 11.8. The van der Waals surface area contributed by atoms with E-state index in [4.69, 9.17) is 5.73 Å². The molecule has 0 radical (unpaired) electrons.